The Hall–Kier alpha value is -1.51. The minimum atomic E-state index is -5.69. The van der Waals surface area contributed by atoms with E-state index in [1.807, 2.05) is 0 Å². The van der Waals surface area contributed by atoms with Crippen LogP contribution in [0.3, 0.4) is 0 Å². The average Bonchev–Trinajstić information content (AvgIpc) is 2.12. The van der Waals surface area contributed by atoms with E-state index in [0.717, 1.165) is 18.3 Å². The van der Waals surface area contributed by atoms with Gasteiger partial charge in [0.25, 0.3) is 0 Å². The molecule has 0 spiro atoms. The molecule has 0 bridgehead atoms. The predicted octanol–water partition coefficient (Wildman–Crippen LogP) is 2.49. The van der Waals surface area contributed by atoms with Gasteiger partial charge >= 0.3 is 15.6 Å². The number of hydrogen-bond donors (Lipinski definition) is 0. The number of alkyl halides is 3. The number of pyridine rings is 1. The Balaban J connectivity index is 2.96. The molecule has 1 rings (SSSR count). The lowest BCUT2D eigenvalue weighted by molar-refractivity contribution is -0.0500. The minimum Gasteiger partial charge on any atom is -0.472 e. The number of aromatic nitrogens is 1. The first-order chi connectivity index (χ1) is 8.41. The number of hydrogen-bond acceptors (Lipinski definition) is 5. The summed E-state index contributed by atoms with van der Waals surface area (Å²) in [6.45, 7) is 5.11. The molecule has 0 saturated carbocycles. The lowest BCUT2D eigenvalue weighted by atomic mass is 10.2. The summed E-state index contributed by atoms with van der Waals surface area (Å²) in [6.07, 6.45) is 1.09. The molecule has 108 valence electrons. The van der Waals surface area contributed by atoms with Gasteiger partial charge in [0.15, 0.2) is 0 Å². The van der Waals surface area contributed by atoms with Crippen molar-refractivity contribution in [1.29, 1.82) is 0 Å². The molecule has 0 saturated heterocycles. The molecule has 1 aromatic heterocycles. The van der Waals surface area contributed by atoms with E-state index >= 15 is 0 Å². The van der Waals surface area contributed by atoms with Crippen LogP contribution in [0.25, 0.3) is 0 Å². The maximum absolute atomic E-state index is 12.1. The molecule has 0 aliphatic heterocycles. The van der Waals surface area contributed by atoms with Crippen molar-refractivity contribution in [3.05, 3.63) is 18.3 Å². The van der Waals surface area contributed by atoms with Crippen LogP contribution in [0, 0.1) is 0 Å². The maximum Gasteiger partial charge on any atom is 0.534 e. The van der Waals surface area contributed by atoms with Crippen molar-refractivity contribution in [2.75, 3.05) is 0 Å². The summed E-state index contributed by atoms with van der Waals surface area (Å²) < 4.78 is 67.2. The third-order valence-electron chi connectivity index (χ3n) is 1.61. The zero-order valence-electron chi connectivity index (χ0n) is 10.4. The van der Waals surface area contributed by atoms with Gasteiger partial charge in [0.2, 0.25) is 5.88 Å². The van der Waals surface area contributed by atoms with Crippen molar-refractivity contribution in [3.8, 4) is 11.6 Å². The molecular weight excluding hydrogens is 287 g/mol. The highest BCUT2D eigenvalue weighted by atomic mass is 32.2. The molecule has 5 nitrogen and oxygen atoms in total. The smallest absolute Gasteiger partial charge is 0.472 e. The zero-order valence-corrected chi connectivity index (χ0v) is 11.2. The van der Waals surface area contributed by atoms with E-state index in [2.05, 4.69) is 9.17 Å². The Morgan fingerprint density at radius 1 is 1.21 bits per heavy atom. The van der Waals surface area contributed by atoms with E-state index in [9.17, 15) is 21.6 Å². The lowest BCUT2D eigenvalue weighted by Crippen LogP contribution is -2.28. The van der Waals surface area contributed by atoms with Crippen molar-refractivity contribution >= 4 is 10.1 Å². The van der Waals surface area contributed by atoms with Crippen LogP contribution in [0.1, 0.15) is 20.8 Å². The first kappa shape index (κ1) is 15.5. The van der Waals surface area contributed by atoms with Crippen LogP contribution in [0.2, 0.25) is 0 Å². The van der Waals surface area contributed by atoms with Gasteiger partial charge in [0, 0.05) is 18.3 Å². The third-order valence-corrected chi connectivity index (χ3v) is 2.59. The van der Waals surface area contributed by atoms with Crippen LogP contribution in [0.5, 0.6) is 11.6 Å². The standard InChI is InChI=1S/C10H12F3NO4S/c1-9(2,3)17-8-6-7(4-5-14-8)18-19(15,16)10(11,12)13/h4-6H,1-3H3. The average molecular weight is 299 g/mol. The van der Waals surface area contributed by atoms with Gasteiger partial charge in [-0.2, -0.15) is 21.6 Å². The van der Waals surface area contributed by atoms with Gasteiger partial charge in [0.1, 0.15) is 11.4 Å². The quantitative estimate of drug-likeness (QED) is 0.633. The molecule has 0 fully saturated rings. The zero-order chi connectivity index (χ0) is 14.9. The van der Waals surface area contributed by atoms with Crippen LogP contribution in [0.4, 0.5) is 13.2 Å². The fourth-order valence-corrected chi connectivity index (χ4v) is 1.44. The molecule has 0 atom stereocenters. The first-order valence-electron chi connectivity index (χ1n) is 5.06. The minimum absolute atomic E-state index is 0.0395. The van der Waals surface area contributed by atoms with Crippen molar-refractivity contribution in [2.45, 2.75) is 31.9 Å². The Kier molecular flexibility index (Phi) is 3.99. The highest BCUT2D eigenvalue weighted by molar-refractivity contribution is 7.87. The van der Waals surface area contributed by atoms with Gasteiger partial charge in [-0.15, -0.1) is 0 Å². The maximum atomic E-state index is 12.1. The second kappa shape index (κ2) is 4.87. The fraction of sp³-hybridized carbons (Fsp3) is 0.500. The summed E-state index contributed by atoms with van der Waals surface area (Å²) >= 11 is 0. The predicted molar refractivity (Wildman–Crippen MR) is 60.2 cm³/mol. The molecule has 0 aliphatic carbocycles. The van der Waals surface area contributed by atoms with Gasteiger partial charge in [-0.3, -0.25) is 0 Å². The molecule has 0 unspecified atom stereocenters. The monoisotopic (exact) mass is 299 g/mol. The van der Waals surface area contributed by atoms with Crippen molar-refractivity contribution in [1.82, 2.24) is 4.98 Å². The van der Waals surface area contributed by atoms with Gasteiger partial charge in [-0.25, -0.2) is 4.98 Å². The molecule has 0 radical (unpaired) electrons. The molecule has 0 aromatic carbocycles. The number of ether oxygens (including phenoxy) is 1. The molecule has 1 aromatic rings. The SMILES string of the molecule is CC(C)(C)Oc1cc(OS(=O)(=O)C(F)(F)F)ccn1. The van der Waals surface area contributed by atoms with Crippen LogP contribution in [-0.2, 0) is 10.1 Å². The van der Waals surface area contributed by atoms with E-state index in [1.54, 1.807) is 20.8 Å². The van der Waals surface area contributed by atoms with E-state index in [1.165, 1.54) is 0 Å². The van der Waals surface area contributed by atoms with Gasteiger partial charge in [-0.1, -0.05) is 0 Å². The molecular formula is C10H12F3NO4S. The van der Waals surface area contributed by atoms with Crippen LogP contribution in [-0.4, -0.2) is 24.5 Å². The van der Waals surface area contributed by atoms with Gasteiger partial charge in [0.05, 0.1) is 0 Å². The summed E-state index contributed by atoms with van der Waals surface area (Å²) in [5, 5.41) is 0. The third kappa shape index (κ3) is 4.58. The molecule has 0 amide bonds. The van der Waals surface area contributed by atoms with E-state index in [0.29, 0.717) is 0 Å². The van der Waals surface area contributed by atoms with Gasteiger partial charge in [-0.05, 0) is 20.8 Å². The summed E-state index contributed by atoms with van der Waals surface area (Å²) in [7, 11) is -5.69. The van der Waals surface area contributed by atoms with Crippen molar-refractivity contribution in [2.24, 2.45) is 0 Å². The molecule has 0 N–H and O–H groups in total. The number of halogens is 3. The summed E-state index contributed by atoms with van der Waals surface area (Å²) in [6, 6.07) is 1.95. The van der Waals surface area contributed by atoms with Gasteiger partial charge < -0.3 is 8.92 Å². The normalized spacial score (nSPS) is 13.2. The topological polar surface area (TPSA) is 65.5 Å². The first-order valence-corrected chi connectivity index (χ1v) is 6.47. The molecule has 0 aliphatic rings. The van der Waals surface area contributed by atoms with Crippen molar-refractivity contribution < 1.29 is 30.5 Å². The lowest BCUT2D eigenvalue weighted by Gasteiger charge is -2.20. The summed E-state index contributed by atoms with van der Waals surface area (Å²) in [5.41, 5.74) is -6.12. The van der Waals surface area contributed by atoms with E-state index < -0.39 is 27.0 Å². The number of nitrogens with zero attached hydrogens (tertiary/aromatic N) is 1. The largest absolute Gasteiger partial charge is 0.534 e. The van der Waals surface area contributed by atoms with E-state index in [4.69, 9.17) is 4.74 Å². The second-order valence-corrected chi connectivity index (χ2v) is 6.07. The Labute approximate surface area is 108 Å². The van der Waals surface area contributed by atoms with Crippen molar-refractivity contribution in [3.63, 3.8) is 0 Å². The highest BCUT2D eigenvalue weighted by Gasteiger charge is 2.48. The molecule has 1 heterocycles. The molecule has 9 heteroatoms. The Morgan fingerprint density at radius 3 is 2.26 bits per heavy atom. The van der Waals surface area contributed by atoms with Crippen LogP contribution in [0.15, 0.2) is 18.3 Å². The summed E-state index contributed by atoms with van der Waals surface area (Å²) in [5.74, 6) is -0.561. The Morgan fingerprint density at radius 2 is 1.79 bits per heavy atom. The fourth-order valence-electron chi connectivity index (χ4n) is 0.987. The second-order valence-electron chi connectivity index (χ2n) is 4.53. The Bertz CT molecular complexity index is 549. The summed E-state index contributed by atoms with van der Waals surface area (Å²) in [4.78, 5) is 3.74. The highest BCUT2D eigenvalue weighted by Crippen LogP contribution is 2.28. The van der Waals surface area contributed by atoms with E-state index in [-0.39, 0.29) is 5.88 Å². The number of rotatable bonds is 3. The molecule has 19 heavy (non-hydrogen) atoms. The van der Waals surface area contributed by atoms with Crippen LogP contribution >= 0.6 is 0 Å². The van der Waals surface area contributed by atoms with Crippen LogP contribution < -0.4 is 8.92 Å².